The molecule has 0 aliphatic carbocycles. The molecule has 0 fully saturated rings. The number of benzene rings is 4. The molecule has 0 N–H and O–H groups in total. The minimum atomic E-state index is 0.451. The predicted molar refractivity (Wildman–Crippen MR) is 117 cm³/mol. The average Bonchev–Trinajstić information content (AvgIpc) is 2.74. The molecular formula is C27H24. The van der Waals surface area contributed by atoms with Gasteiger partial charge in [0, 0.05) is 0 Å². The maximum absolute atomic E-state index is 2.28. The van der Waals surface area contributed by atoms with E-state index in [1.807, 2.05) is 0 Å². The third kappa shape index (κ3) is 3.44. The Labute approximate surface area is 162 Å². The molecule has 0 spiro atoms. The molecule has 0 amide bonds. The summed E-state index contributed by atoms with van der Waals surface area (Å²) >= 11 is 0. The van der Waals surface area contributed by atoms with Gasteiger partial charge in [-0.2, -0.15) is 0 Å². The van der Waals surface area contributed by atoms with E-state index >= 15 is 0 Å². The maximum Gasteiger partial charge on any atom is -0.00645 e. The van der Waals surface area contributed by atoms with Crippen molar-refractivity contribution in [3.8, 4) is 33.4 Å². The predicted octanol–water partition coefficient (Wildman–Crippen LogP) is 7.81. The van der Waals surface area contributed by atoms with E-state index in [4.69, 9.17) is 0 Å². The third-order valence-corrected chi connectivity index (χ3v) is 5.08. The van der Waals surface area contributed by atoms with Gasteiger partial charge in [0.15, 0.2) is 0 Å². The Morgan fingerprint density at radius 3 is 1.52 bits per heavy atom. The highest BCUT2D eigenvalue weighted by atomic mass is 14.2. The van der Waals surface area contributed by atoms with Crippen LogP contribution in [0.4, 0.5) is 0 Å². The first-order chi connectivity index (χ1) is 13.3. The minimum absolute atomic E-state index is 0.451. The fourth-order valence-corrected chi connectivity index (χ4v) is 3.78. The van der Waals surface area contributed by atoms with Crippen molar-refractivity contribution in [1.29, 1.82) is 0 Å². The molecule has 0 unspecified atom stereocenters. The van der Waals surface area contributed by atoms with E-state index in [9.17, 15) is 0 Å². The quantitative estimate of drug-likeness (QED) is 0.353. The largest absolute Gasteiger partial charge is 0.0622 e. The van der Waals surface area contributed by atoms with E-state index in [0.717, 1.165) is 0 Å². The summed E-state index contributed by atoms with van der Waals surface area (Å²) in [4.78, 5) is 0. The summed E-state index contributed by atoms with van der Waals surface area (Å²) in [5.74, 6) is 0.451. The van der Waals surface area contributed by atoms with Gasteiger partial charge in [-0.3, -0.25) is 0 Å². The van der Waals surface area contributed by atoms with Gasteiger partial charge >= 0.3 is 0 Å². The lowest BCUT2D eigenvalue weighted by Gasteiger charge is -2.20. The van der Waals surface area contributed by atoms with Crippen LogP contribution in [0.25, 0.3) is 33.4 Å². The van der Waals surface area contributed by atoms with Crippen molar-refractivity contribution >= 4 is 0 Å². The smallest absolute Gasteiger partial charge is 0.00645 e. The second kappa shape index (κ2) is 7.63. The van der Waals surface area contributed by atoms with Crippen molar-refractivity contribution in [2.75, 3.05) is 0 Å². The Morgan fingerprint density at radius 2 is 0.926 bits per heavy atom. The molecule has 0 saturated heterocycles. The van der Waals surface area contributed by atoms with Crippen LogP contribution in [0.2, 0.25) is 0 Å². The van der Waals surface area contributed by atoms with E-state index < -0.39 is 0 Å². The van der Waals surface area contributed by atoms with Crippen molar-refractivity contribution in [2.24, 2.45) is 0 Å². The summed E-state index contributed by atoms with van der Waals surface area (Å²) in [6.07, 6.45) is 0. The normalized spacial score (nSPS) is 10.9. The Morgan fingerprint density at radius 1 is 0.444 bits per heavy atom. The molecule has 4 rings (SSSR count). The molecule has 0 saturated carbocycles. The number of hydrogen-bond acceptors (Lipinski definition) is 0. The monoisotopic (exact) mass is 348 g/mol. The van der Waals surface area contributed by atoms with Crippen molar-refractivity contribution in [3.63, 3.8) is 0 Å². The Balaban J connectivity index is 2.03. The number of rotatable bonds is 4. The Hall–Kier alpha value is -3.12. The second-order valence-corrected chi connectivity index (χ2v) is 7.20. The molecule has 0 bridgehead atoms. The first-order valence-electron chi connectivity index (χ1n) is 9.59. The van der Waals surface area contributed by atoms with E-state index in [1.165, 1.54) is 38.9 Å². The van der Waals surface area contributed by atoms with Gasteiger partial charge in [0.2, 0.25) is 0 Å². The standard InChI is InChI=1S/C27H24/c1-20(2)23-18-11-19-25(22-14-7-4-8-15-22)27(23)26-17-10-9-16-24(26)21-12-5-3-6-13-21/h3-20H,1-2H3. The van der Waals surface area contributed by atoms with Crippen LogP contribution < -0.4 is 0 Å². The summed E-state index contributed by atoms with van der Waals surface area (Å²) in [5.41, 5.74) is 9.13. The highest BCUT2D eigenvalue weighted by Crippen LogP contribution is 2.42. The van der Waals surface area contributed by atoms with Crippen LogP contribution in [0.3, 0.4) is 0 Å². The van der Waals surface area contributed by atoms with Crippen LogP contribution >= 0.6 is 0 Å². The molecule has 0 atom stereocenters. The van der Waals surface area contributed by atoms with Crippen LogP contribution in [0.5, 0.6) is 0 Å². The van der Waals surface area contributed by atoms with Crippen molar-refractivity contribution in [1.82, 2.24) is 0 Å². The van der Waals surface area contributed by atoms with E-state index in [2.05, 4.69) is 117 Å². The lowest BCUT2D eigenvalue weighted by atomic mass is 9.83. The molecule has 4 aromatic carbocycles. The molecule has 0 aliphatic rings. The molecule has 132 valence electrons. The zero-order valence-corrected chi connectivity index (χ0v) is 15.9. The van der Waals surface area contributed by atoms with Crippen LogP contribution in [0, 0.1) is 0 Å². The summed E-state index contributed by atoms with van der Waals surface area (Å²) in [6.45, 7) is 4.55. The highest BCUT2D eigenvalue weighted by molar-refractivity contribution is 5.93. The van der Waals surface area contributed by atoms with Gasteiger partial charge < -0.3 is 0 Å². The molecule has 0 radical (unpaired) electrons. The topological polar surface area (TPSA) is 0 Å². The molecule has 27 heavy (non-hydrogen) atoms. The third-order valence-electron chi connectivity index (χ3n) is 5.08. The van der Waals surface area contributed by atoms with Crippen LogP contribution in [-0.4, -0.2) is 0 Å². The second-order valence-electron chi connectivity index (χ2n) is 7.20. The van der Waals surface area contributed by atoms with Crippen LogP contribution in [0.15, 0.2) is 103 Å². The van der Waals surface area contributed by atoms with Gasteiger partial charge in [-0.25, -0.2) is 0 Å². The van der Waals surface area contributed by atoms with Crippen LogP contribution in [-0.2, 0) is 0 Å². The molecular weight excluding hydrogens is 324 g/mol. The maximum atomic E-state index is 2.28. The summed E-state index contributed by atoms with van der Waals surface area (Å²) < 4.78 is 0. The lowest BCUT2D eigenvalue weighted by molar-refractivity contribution is 0.869. The first kappa shape index (κ1) is 17.3. The fourth-order valence-electron chi connectivity index (χ4n) is 3.78. The van der Waals surface area contributed by atoms with Crippen molar-refractivity contribution < 1.29 is 0 Å². The molecule has 0 heteroatoms. The zero-order valence-electron chi connectivity index (χ0n) is 15.9. The summed E-state index contributed by atoms with van der Waals surface area (Å²) in [5, 5.41) is 0. The van der Waals surface area contributed by atoms with Gasteiger partial charge in [-0.15, -0.1) is 0 Å². The SMILES string of the molecule is CC(C)c1cccc(-c2ccccc2)c1-c1ccccc1-c1ccccc1. The van der Waals surface area contributed by atoms with Gasteiger partial charge in [-0.1, -0.05) is 117 Å². The van der Waals surface area contributed by atoms with E-state index in [1.54, 1.807) is 0 Å². The highest BCUT2D eigenvalue weighted by Gasteiger charge is 2.17. The van der Waals surface area contributed by atoms with Gasteiger partial charge in [-0.05, 0) is 44.9 Å². The lowest BCUT2D eigenvalue weighted by Crippen LogP contribution is -1.97. The number of hydrogen-bond donors (Lipinski definition) is 0. The van der Waals surface area contributed by atoms with Crippen molar-refractivity contribution in [3.05, 3.63) is 109 Å². The van der Waals surface area contributed by atoms with E-state index in [-0.39, 0.29) is 0 Å². The molecule has 4 aromatic rings. The summed E-state index contributed by atoms with van der Waals surface area (Å²) in [6, 6.07) is 36.9. The van der Waals surface area contributed by atoms with E-state index in [0.29, 0.717) is 5.92 Å². The van der Waals surface area contributed by atoms with Gasteiger partial charge in [0.1, 0.15) is 0 Å². The van der Waals surface area contributed by atoms with Gasteiger partial charge in [0.25, 0.3) is 0 Å². The zero-order chi connectivity index (χ0) is 18.6. The molecule has 0 aromatic heterocycles. The first-order valence-corrected chi connectivity index (χ1v) is 9.59. The average molecular weight is 348 g/mol. The summed E-state index contributed by atoms with van der Waals surface area (Å²) in [7, 11) is 0. The molecule has 0 nitrogen and oxygen atoms in total. The van der Waals surface area contributed by atoms with Crippen molar-refractivity contribution in [2.45, 2.75) is 19.8 Å². The van der Waals surface area contributed by atoms with Gasteiger partial charge in [0.05, 0.1) is 0 Å². The Bertz CT molecular complexity index is 1030. The fraction of sp³-hybridized carbons (Fsp3) is 0.111. The van der Waals surface area contributed by atoms with Crippen LogP contribution in [0.1, 0.15) is 25.3 Å². The molecule has 0 aliphatic heterocycles. The molecule has 0 heterocycles. The Kier molecular flexibility index (Phi) is 4.89. The minimum Gasteiger partial charge on any atom is -0.0622 e.